The number of Topliss-reactive ketones (excluding diaryl/α,β-unsaturated/α-hetero) is 3. The van der Waals surface area contributed by atoms with Gasteiger partial charge in [0, 0.05) is 58.0 Å². The van der Waals surface area contributed by atoms with Crippen molar-refractivity contribution in [1.82, 2.24) is 4.90 Å². The number of carbonyl (C=O) groups is 5. The number of allylic oxidation sites excluding steroid dienone is 6. The first-order valence-corrected chi connectivity index (χ1v) is 24.5. The minimum absolute atomic E-state index is 0.0188. The van der Waals surface area contributed by atoms with E-state index in [1.165, 1.54) is 12.0 Å². The van der Waals surface area contributed by atoms with Crippen LogP contribution in [0, 0.1) is 35.5 Å². The summed E-state index contributed by atoms with van der Waals surface area (Å²) in [5.74, 6) is -7.95. The average molecular weight is 928 g/mol. The van der Waals surface area contributed by atoms with E-state index in [-0.39, 0.29) is 54.8 Å². The van der Waals surface area contributed by atoms with Gasteiger partial charge in [0.05, 0.1) is 24.4 Å². The third-order valence-electron chi connectivity index (χ3n) is 14.6. The van der Waals surface area contributed by atoms with Crippen molar-refractivity contribution >= 4 is 29.2 Å². The van der Waals surface area contributed by atoms with Gasteiger partial charge in [-0.3, -0.25) is 19.2 Å². The van der Waals surface area contributed by atoms with Crippen LogP contribution >= 0.6 is 0 Å². The topological polar surface area (TPSA) is 195 Å². The molecule has 1 saturated carbocycles. The number of cyclic esters (lactones) is 1. The number of amides is 1. The smallest absolute Gasteiger partial charge is 0.329 e. The SMILES string of the molecule is CCO[C@H]1C[C@@H]2CC[C@@H](C)[C@@](O)(O2)C(=O)C(=O)N2CCCC[C@H]2C(=O)OC([C@H](C)C[C@@H]2CC[C@@H](O)[C@H](OC)C2)CC(=O)[C@H](C)/C=C(\C)[C@@H](O)[C@@H](OC)C(=O)[C@H](C)C[C@H](C)/C=C/C=C/C=C/1C. The highest BCUT2D eigenvalue weighted by molar-refractivity contribution is 6.39. The van der Waals surface area contributed by atoms with Gasteiger partial charge in [0.1, 0.15) is 30.1 Å². The maximum atomic E-state index is 14.4. The van der Waals surface area contributed by atoms with Crippen LogP contribution < -0.4 is 0 Å². The zero-order valence-electron chi connectivity index (χ0n) is 41.3. The van der Waals surface area contributed by atoms with Crippen molar-refractivity contribution in [3.8, 4) is 0 Å². The fourth-order valence-corrected chi connectivity index (χ4v) is 10.2. The van der Waals surface area contributed by atoms with Crippen molar-refractivity contribution < 1.29 is 63.0 Å². The van der Waals surface area contributed by atoms with Gasteiger partial charge in [0.2, 0.25) is 5.79 Å². The molecular formula is C52H81NO13. The predicted octanol–water partition coefficient (Wildman–Crippen LogP) is 6.57. The highest BCUT2D eigenvalue weighted by Crippen LogP contribution is 2.38. The zero-order valence-corrected chi connectivity index (χ0v) is 41.3. The van der Waals surface area contributed by atoms with E-state index in [2.05, 4.69) is 0 Å². The Bertz CT molecular complexity index is 1770. The highest BCUT2D eigenvalue weighted by Gasteiger charge is 2.53. The van der Waals surface area contributed by atoms with E-state index in [0.29, 0.717) is 70.0 Å². The van der Waals surface area contributed by atoms with E-state index in [0.717, 1.165) is 12.0 Å². The lowest BCUT2D eigenvalue weighted by Crippen LogP contribution is -2.61. The summed E-state index contributed by atoms with van der Waals surface area (Å²) in [7, 11) is 2.95. The van der Waals surface area contributed by atoms with Gasteiger partial charge < -0.3 is 43.9 Å². The first-order chi connectivity index (χ1) is 31.2. The van der Waals surface area contributed by atoms with Gasteiger partial charge in [0.15, 0.2) is 5.78 Å². The molecule has 3 fully saturated rings. The molecule has 1 aliphatic carbocycles. The molecule has 2 saturated heterocycles. The molecule has 1 amide bonds. The Balaban J connectivity index is 1.71. The van der Waals surface area contributed by atoms with E-state index in [1.54, 1.807) is 34.0 Å². The highest BCUT2D eigenvalue weighted by atomic mass is 16.6. The maximum Gasteiger partial charge on any atom is 0.329 e. The molecule has 3 N–H and O–H groups in total. The minimum atomic E-state index is -2.43. The molecule has 1 unspecified atom stereocenters. The fourth-order valence-electron chi connectivity index (χ4n) is 10.2. The lowest BCUT2D eigenvalue weighted by molar-refractivity contribution is -0.266. The normalized spacial score (nSPS) is 40.0. The molecule has 3 aliphatic heterocycles. The monoisotopic (exact) mass is 928 g/mol. The molecule has 3 heterocycles. The van der Waals surface area contributed by atoms with Crippen LogP contribution in [-0.2, 0) is 47.7 Å². The number of aliphatic hydroxyl groups excluding tert-OH is 2. The molecule has 14 nitrogen and oxygen atoms in total. The molecule has 2 bridgehead atoms. The number of hydrogen-bond acceptors (Lipinski definition) is 13. The summed E-state index contributed by atoms with van der Waals surface area (Å²) in [6.45, 7) is 15.1. The zero-order chi connectivity index (χ0) is 48.9. The van der Waals surface area contributed by atoms with Crippen molar-refractivity contribution in [2.75, 3.05) is 27.4 Å². The Hall–Kier alpha value is -3.37. The Kier molecular flexibility index (Phi) is 21.6. The Morgan fingerprint density at radius 3 is 2.29 bits per heavy atom. The summed E-state index contributed by atoms with van der Waals surface area (Å²) in [6.07, 6.45) is 11.3. The van der Waals surface area contributed by atoms with Crippen LogP contribution in [0.2, 0.25) is 0 Å². The summed E-state index contributed by atoms with van der Waals surface area (Å²) in [5.41, 5.74) is 1.29. The number of nitrogens with zero attached hydrogens (tertiary/aromatic N) is 1. The van der Waals surface area contributed by atoms with Gasteiger partial charge >= 0.3 is 5.97 Å². The average Bonchev–Trinajstić information content (AvgIpc) is 3.29. The molecule has 0 aromatic rings. The molecule has 0 aromatic heterocycles. The van der Waals surface area contributed by atoms with Crippen LogP contribution in [0.3, 0.4) is 0 Å². The lowest BCUT2D eigenvalue weighted by atomic mass is 9.78. The third-order valence-corrected chi connectivity index (χ3v) is 14.6. The van der Waals surface area contributed by atoms with Crippen LogP contribution in [0.4, 0.5) is 0 Å². The van der Waals surface area contributed by atoms with Crippen LogP contribution in [0.1, 0.15) is 132 Å². The molecular weight excluding hydrogens is 847 g/mol. The molecule has 4 aliphatic rings. The summed E-state index contributed by atoms with van der Waals surface area (Å²) >= 11 is 0. The number of piperidine rings is 1. The van der Waals surface area contributed by atoms with Crippen molar-refractivity contribution in [3.63, 3.8) is 0 Å². The molecule has 0 aromatic carbocycles. The quantitative estimate of drug-likeness (QED) is 0.141. The number of ketones is 3. The van der Waals surface area contributed by atoms with Gasteiger partial charge in [-0.05, 0) is 114 Å². The Morgan fingerprint density at radius 1 is 0.879 bits per heavy atom. The number of methoxy groups -OCH3 is 2. The molecule has 66 heavy (non-hydrogen) atoms. The molecule has 372 valence electrons. The number of hydrogen-bond donors (Lipinski definition) is 3. The first-order valence-electron chi connectivity index (χ1n) is 24.5. The number of carbonyl (C=O) groups excluding carboxylic acids is 5. The maximum absolute atomic E-state index is 14.4. The van der Waals surface area contributed by atoms with Crippen molar-refractivity contribution in [1.29, 1.82) is 0 Å². The molecule has 0 radical (unpaired) electrons. The summed E-state index contributed by atoms with van der Waals surface area (Å²) in [4.78, 5) is 71.9. The largest absolute Gasteiger partial charge is 0.460 e. The Morgan fingerprint density at radius 2 is 1.61 bits per heavy atom. The van der Waals surface area contributed by atoms with Crippen LogP contribution in [0.5, 0.6) is 0 Å². The van der Waals surface area contributed by atoms with E-state index >= 15 is 0 Å². The second-order valence-electron chi connectivity index (χ2n) is 19.8. The van der Waals surface area contributed by atoms with E-state index < -0.39 is 83.9 Å². The lowest BCUT2D eigenvalue weighted by Gasteiger charge is -2.43. The van der Waals surface area contributed by atoms with Crippen molar-refractivity contribution in [3.05, 3.63) is 47.6 Å². The number of rotatable bonds is 7. The first kappa shape index (κ1) is 55.2. The minimum Gasteiger partial charge on any atom is -0.460 e. The van der Waals surface area contributed by atoms with Gasteiger partial charge in [0.25, 0.3) is 11.7 Å². The van der Waals surface area contributed by atoms with E-state index in [1.807, 2.05) is 65.0 Å². The van der Waals surface area contributed by atoms with Crippen LogP contribution in [-0.4, -0.2) is 131 Å². The van der Waals surface area contributed by atoms with Crippen molar-refractivity contribution in [2.45, 2.75) is 187 Å². The predicted molar refractivity (Wildman–Crippen MR) is 250 cm³/mol. The fraction of sp³-hybridized carbons (Fsp3) is 0.750. The number of fused-ring (bicyclic) bond motifs is 3. The number of ether oxygens (including phenoxy) is 5. The standard InChI is InChI=1S/C52H81NO13/c1-11-64-43-29-39-22-20-37(8)52(61,66-39)49(58)50(59)53-24-16-15-19-40(53)51(60)65-44(34(5)27-38-21-23-41(54)45(28-38)62-9)30-42(55)33(4)26-36(7)47(57)48(63-10)46(56)35(6)25-31(2)17-13-12-14-18-32(43)3/h12-14,17-18,26,31,33-35,37-41,43-45,47-48,54,57,61H,11,15-16,19-25,27-30H2,1-10H3/b14-12+,17-13+,32-18+,36-26+/t31-,33-,34-,35-,37-,38+,39+,40+,41-,43+,44?,45-,47-,48+,52-/m1/s1. The molecule has 0 spiro atoms. The second kappa shape index (κ2) is 25.8. The molecule has 4 rings (SSSR count). The van der Waals surface area contributed by atoms with Gasteiger partial charge in [-0.2, -0.15) is 0 Å². The van der Waals surface area contributed by atoms with Crippen LogP contribution in [0.25, 0.3) is 0 Å². The number of esters is 1. The summed E-state index contributed by atoms with van der Waals surface area (Å²) in [6, 6.07) is -1.14. The summed E-state index contributed by atoms with van der Waals surface area (Å²) < 4.78 is 29.7. The third kappa shape index (κ3) is 14.6. The number of aliphatic hydroxyl groups is 3. The Labute approximate surface area is 393 Å². The van der Waals surface area contributed by atoms with E-state index in [4.69, 9.17) is 23.7 Å². The summed E-state index contributed by atoms with van der Waals surface area (Å²) in [5, 5.41) is 33.9. The second-order valence-corrected chi connectivity index (χ2v) is 19.8. The van der Waals surface area contributed by atoms with Gasteiger partial charge in [-0.1, -0.05) is 71.1 Å². The molecule has 14 heteroatoms. The van der Waals surface area contributed by atoms with E-state index in [9.17, 15) is 39.3 Å². The van der Waals surface area contributed by atoms with Crippen molar-refractivity contribution in [2.24, 2.45) is 35.5 Å². The van der Waals surface area contributed by atoms with Gasteiger partial charge in [-0.15, -0.1) is 0 Å². The van der Waals surface area contributed by atoms with Gasteiger partial charge in [-0.25, -0.2) is 4.79 Å². The molecule has 15 atom stereocenters. The van der Waals surface area contributed by atoms with Crippen LogP contribution in [0.15, 0.2) is 47.6 Å².